The Morgan fingerprint density at radius 1 is 1.00 bits per heavy atom. The molecule has 19 heavy (non-hydrogen) atoms. The molecule has 0 unspecified atom stereocenters. The Balaban J connectivity index is 2.18. The first kappa shape index (κ1) is 13.3. The van der Waals surface area contributed by atoms with E-state index in [2.05, 4.69) is 32.0 Å². The monoisotopic (exact) mass is 254 g/mol. The summed E-state index contributed by atoms with van der Waals surface area (Å²) in [5.41, 5.74) is 5.22. The van der Waals surface area contributed by atoms with Crippen LogP contribution in [0.1, 0.15) is 32.6 Å². The molecule has 0 heterocycles. The van der Waals surface area contributed by atoms with Crippen molar-refractivity contribution in [1.82, 2.24) is 0 Å². The Kier molecular flexibility index (Phi) is 4.00. The summed E-state index contributed by atoms with van der Waals surface area (Å²) in [6.45, 7) is 6.57. The topological polar surface area (TPSA) is 26.3 Å². The molecule has 0 saturated carbocycles. The van der Waals surface area contributed by atoms with Crippen LogP contribution in [0.4, 0.5) is 0 Å². The van der Waals surface area contributed by atoms with Gasteiger partial charge in [-0.25, -0.2) is 0 Å². The number of ether oxygens (including phenoxy) is 1. The zero-order valence-corrected chi connectivity index (χ0v) is 11.6. The van der Waals surface area contributed by atoms with Crippen molar-refractivity contribution in [2.75, 3.05) is 0 Å². The number of aryl methyl sites for hydroxylation is 3. The summed E-state index contributed by atoms with van der Waals surface area (Å²) in [6.07, 6.45) is 0.839. The van der Waals surface area contributed by atoms with Crippen molar-refractivity contribution >= 4 is 6.29 Å². The van der Waals surface area contributed by atoms with Gasteiger partial charge in [0.15, 0.2) is 6.29 Å². The van der Waals surface area contributed by atoms with Gasteiger partial charge in [0.05, 0.1) is 5.56 Å². The Morgan fingerprint density at radius 3 is 2.42 bits per heavy atom. The van der Waals surface area contributed by atoms with Crippen LogP contribution in [-0.2, 0) is 6.61 Å². The quantitative estimate of drug-likeness (QED) is 0.771. The van der Waals surface area contributed by atoms with Gasteiger partial charge >= 0.3 is 0 Å². The lowest BCUT2D eigenvalue weighted by Crippen LogP contribution is -2.00. The second kappa shape index (κ2) is 5.70. The molecular weight excluding hydrogens is 236 g/mol. The van der Waals surface area contributed by atoms with E-state index in [1.165, 1.54) is 11.1 Å². The third kappa shape index (κ3) is 3.22. The maximum Gasteiger partial charge on any atom is 0.153 e. The van der Waals surface area contributed by atoms with Gasteiger partial charge in [-0.3, -0.25) is 4.79 Å². The molecule has 2 aromatic carbocycles. The van der Waals surface area contributed by atoms with Gasteiger partial charge in [0.1, 0.15) is 12.4 Å². The van der Waals surface area contributed by atoms with E-state index in [9.17, 15) is 4.79 Å². The molecule has 0 atom stereocenters. The highest BCUT2D eigenvalue weighted by Crippen LogP contribution is 2.20. The van der Waals surface area contributed by atoms with E-state index in [1.807, 2.05) is 25.1 Å². The normalized spacial score (nSPS) is 10.3. The second-order valence-corrected chi connectivity index (χ2v) is 4.88. The van der Waals surface area contributed by atoms with E-state index in [4.69, 9.17) is 4.74 Å². The molecule has 0 amide bonds. The van der Waals surface area contributed by atoms with Crippen LogP contribution in [0.5, 0.6) is 5.75 Å². The first-order valence-electron chi connectivity index (χ1n) is 6.35. The molecule has 0 aliphatic carbocycles. The first-order chi connectivity index (χ1) is 9.10. The minimum atomic E-state index is 0.484. The average Bonchev–Trinajstić information content (AvgIpc) is 2.40. The fraction of sp³-hybridized carbons (Fsp3) is 0.235. The molecule has 0 aromatic heterocycles. The van der Waals surface area contributed by atoms with Crippen LogP contribution in [0.3, 0.4) is 0 Å². The van der Waals surface area contributed by atoms with E-state index in [1.54, 1.807) is 0 Å². The fourth-order valence-corrected chi connectivity index (χ4v) is 2.00. The summed E-state index contributed by atoms with van der Waals surface area (Å²) >= 11 is 0. The van der Waals surface area contributed by atoms with Crippen LogP contribution in [-0.4, -0.2) is 6.29 Å². The van der Waals surface area contributed by atoms with Gasteiger partial charge in [-0.15, -0.1) is 0 Å². The Labute approximate surface area is 114 Å². The van der Waals surface area contributed by atoms with Crippen molar-refractivity contribution < 1.29 is 9.53 Å². The molecule has 0 saturated heterocycles. The number of benzene rings is 2. The summed E-state index contributed by atoms with van der Waals surface area (Å²) in [5.74, 6) is 0.640. The third-order valence-electron chi connectivity index (χ3n) is 3.18. The summed E-state index contributed by atoms with van der Waals surface area (Å²) in [6, 6.07) is 11.9. The molecule has 2 nitrogen and oxygen atoms in total. The minimum absolute atomic E-state index is 0.484. The summed E-state index contributed by atoms with van der Waals surface area (Å²) in [7, 11) is 0. The number of hydrogen-bond donors (Lipinski definition) is 0. The zero-order chi connectivity index (χ0) is 13.8. The van der Waals surface area contributed by atoms with E-state index >= 15 is 0 Å². The minimum Gasteiger partial charge on any atom is -0.488 e. The molecular formula is C17H18O2. The van der Waals surface area contributed by atoms with E-state index in [-0.39, 0.29) is 0 Å². The highest BCUT2D eigenvalue weighted by atomic mass is 16.5. The molecule has 0 fully saturated rings. The van der Waals surface area contributed by atoms with Crippen molar-refractivity contribution in [3.05, 3.63) is 64.2 Å². The smallest absolute Gasteiger partial charge is 0.153 e. The lowest BCUT2D eigenvalue weighted by atomic mass is 10.1. The molecule has 2 rings (SSSR count). The van der Waals surface area contributed by atoms with Crippen molar-refractivity contribution in [2.24, 2.45) is 0 Å². The number of carbonyl (C=O) groups excluding carboxylic acids is 1. The van der Waals surface area contributed by atoms with Crippen molar-refractivity contribution in [3.63, 3.8) is 0 Å². The highest BCUT2D eigenvalue weighted by Gasteiger charge is 2.05. The standard InChI is InChI=1S/C17H18O2/c1-12-4-6-14(3)16(9-12)11-19-17-7-5-13(2)8-15(17)10-18/h4-10H,11H2,1-3H3. The van der Waals surface area contributed by atoms with Gasteiger partial charge < -0.3 is 4.74 Å². The van der Waals surface area contributed by atoms with E-state index < -0.39 is 0 Å². The molecule has 0 bridgehead atoms. The Bertz CT molecular complexity index is 600. The largest absolute Gasteiger partial charge is 0.488 e. The van der Waals surface area contributed by atoms with Crippen LogP contribution >= 0.6 is 0 Å². The molecule has 0 aliphatic rings. The Hall–Kier alpha value is -2.09. The number of rotatable bonds is 4. The van der Waals surface area contributed by atoms with Gasteiger partial charge in [-0.1, -0.05) is 35.4 Å². The summed E-state index contributed by atoms with van der Waals surface area (Å²) < 4.78 is 5.77. The van der Waals surface area contributed by atoms with Crippen LogP contribution in [0.15, 0.2) is 36.4 Å². The molecule has 2 heteroatoms. The predicted octanol–water partition coefficient (Wildman–Crippen LogP) is 4.00. The van der Waals surface area contributed by atoms with Crippen molar-refractivity contribution in [1.29, 1.82) is 0 Å². The lowest BCUT2D eigenvalue weighted by molar-refractivity contribution is 0.111. The molecule has 98 valence electrons. The maximum absolute atomic E-state index is 11.0. The van der Waals surface area contributed by atoms with Crippen LogP contribution < -0.4 is 4.74 Å². The van der Waals surface area contributed by atoms with Gasteiger partial charge in [0.25, 0.3) is 0 Å². The van der Waals surface area contributed by atoms with E-state index in [0.29, 0.717) is 17.9 Å². The van der Waals surface area contributed by atoms with Crippen LogP contribution in [0.25, 0.3) is 0 Å². The SMILES string of the molecule is Cc1ccc(OCc2cc(C)ccc2C)c(C=O)c1. The van der Waals surface area contributed by atoms with E-state index in [0.717, 1.165) is 17.4 Å². The lowest BCUT2D eigenvalue weighted by Gasteiger charge is -2.11. The zero-order valence-electron chi connectivity index (χ0n) is 11.6. The fourth-order valence-electron chi connectivity index (χ4n) is 2.00. The number of carbonyl (C=O) groups is 1. The molecule has 0 radical (unpaired) electrons. The first-order valence-corrected chi connectivity index (χ1v) is 6.35. The number of aldehydes is 1. The van der Waals surface area contributed by atoms with Crippen LogP contribution in [0, 0.1) is 20.8 Å². The van der Waals surface area contributed by atoms with Gasteiger partial charge in [-0.05, 0) is 44.0 Å². The Morgan fingerprint density at radius 2 is 1.68 bits per heavy atom. The summed E-state index contributed by atoms with van der Waals surface area (Å²) in [5, 5.41) is 0. The maximum atomic E-state index is 11.0. The van der Waals surface area contributed by atoms with Crippen molar-refractivity contribution in [2.45, 2.75) is 27.4 Å². The van der Waals surface area contributed by atoms with Gasteiger partial charge in [-0.2, -0.15) is 0 Å². The number of hydrogen-bond acceptors (Lipinski definition) is 2. The highest BCUT2D eigenvalue weighted by molar-refractivity contribution is 5.79. The average molecular weight is 254 g/mol. The predicted molar refractivity (Wildman–Crippen MR) is 76.8 cm³/mol. The summed E-state index contributed by atoms with van der Waals surface area (Å²) in [4.78, 5) is 11.0. The molecule has 0 spiro atoms. The molecule has 0 aliphatic heterocycles. The molecule has 0 N–H and O–H groups in total. The van der Waals surface area contributed by atoms with Crippen molar-refractivity contribution in [3.8, 4) is 5.75 Å². The van der Waals surface area contributed by atoms with Gasteiger partial charge in [0, 0.05) is 0 Å². The van der Waals surface area contributed by atoms with Crippen LogP contribution in [0.2, 0.25) is 0 Å². The molecule has 2 aromatic rings. The third-order valence-corrected chi connectivity index (χ3v) is 3.18. The second-order valence-electron chi connectivity index (χ2n) is 4.88. The van der Waals surface area contributed by atoms with Gasteiger partial charge in [0.2, 0.25) is 0 Å².